The van der Waals surface area contributed by atoms with Gasteiger partial charge >= 0.3 is 12.1 Å². The zero-order chi connectivity index (χ0) is 15.2. The number of amides is 4. The molecule has 8 heteroatoms. The van der Waals surface area contributed by atoms with Crippen LogP contribution in [0.5, 0.6) is 0 Å². The summed E-state index contributed by atoms with van der Waals surface area (Å²) in [5, 5.41) is 6.64. The second kappa shape index (κ2) is 4.32. The fourth-order valence-electron chi connectivity index (χ4n) is 2.15. The van der Waals surface area contributed by atoms with E-state index in [-0.39, 0.29) is 19.4 Å². The summed E-state index contributed by atoms with van der Waals surface area (Å²) < 4.78 is 19.4. The number of rotatable bonds is 3. The van der Waals surface area contributed by atoms with Gasteiger partial charge in [-0.25, -0.2) is 14.0 Å². The Balaban J connectivity index is 2.06. The normalized spacial score (nSPS) is 27.6. The Morgan fingerprint density at radius 1 is 1.40 bits per heavy atom. The van der Waals surface area contributed by atoms with Gasteiger partial charge in [0.25, 0.3) is 5.91 Å². The minimum Gasteiger partial charge on any atom is -0.444 e. The lowest BCUT2D eigenvalue weighted by atomic mass is 9.91. The Hall–Kier alpha value is -1.86. The van der Waals surface area contributed by atoms with Crippen LogP contribution in [0.25, 0.3) is 0 Å². The smallest absolute Gasteiger partial charge is 0.407 e. The van der Waals surface area contributed by atoms with Crippen molar-refractivity contribution >= 4 is 18.0 Å². The molecular weight excluding hydrogens is 269 g/mol. The number of halogens is 1. The van der Waals surface area contributed by atoms with Gasteiger partial charge in [0.2, 0.25) is 0 Å². The van der Waals surface area contributed by atoms with E-state index >= 15 is 0 Å². The molecule has 1 aliphatic heterocycles. The summed E-state index contributed by atoms with van der Waals surface area (Å²) in [5.74, 6) is -0.765. The van der Waals surface area contributed by atoms with Gasteiger partial charge in [-0.1, -0.05) is 0 Å². The van der Waals surface area contributed by atoms with E-state index in [9.17, 15) is 18.8 Å². The van der Waals surface area contributed by atoms with Crippen LogP contribution in [0.1, 0.15) is 33.6 Å². The third-order valence-electron chi connectivity index (χ3n) is 3.29. The molecule has 1 unspecified atom stereocenters. The van der Waals surface area contributed by atoms with Crippen LogP contribution in [-0.2, 0) is 9.53 Å². The summed E-state index contributed by atoms with van der Waals surface area (Å²) in [6, 6.07) is -0.759. The average molecular weight is 287 g/mol. The molecule has 2 aliphatic rings. The highest BCUT2D eigenvalue weighted by atomic mass is 19.1. The second-order valence-electron chi connectivity index (χ2n) is 6.13. The van der Waals surface area contributed by atoms with Gasteiger partial charge in [-0.3, -0.25) is 10.1 Å². The lowest BCUT2D eigenvalue weighted by Gasteiger charge is -2.30. The summed E-state index contributed by atoms with van der Waals surface area (Å²) in [6.45, 7) is 4.70. The lowest BCUT2D eigenvalue weighted by Crippen LogP contribution is -2.63. The van der Waals surface area contributed by atoms with Crippen molar-refractivity contribution < 1.29 is 23.5 Å². The Labute approximate surface area is 115 Å². The van der Waals surface area contributed by atoms with Gasteiger partial charge in [0.05, 0.1) is 6.54 Å². The van der Waals surface area contributed by atoms with Crippen LogP contribution in [0.4, 0.5) is 14.0 Å². The van der Waals surface area contributed by atoms with E-state index < -0.39 is 34.8 Å². The second-order valence-corrected chi connectivity index (χ2v) is 6.13. The first-order chi connectivity index (χ1) is 9.08. The molecule has 1 saturated carbocycles. The molecule has 2 rings (SSSR count). The van der Waals surface area contributed by atoms with Crippen LogP contribution in [0, 0.1) is 0 Å². The number of hydrogen-bond acceptors (Lipinski definition) is 4. The molecule has 0 spiro atoms. The molecule has 0 bridgehead atoms. The van der Waals surface area contributed by atoms with Crippen molar-refractivity contribution in [3.63, 3.8) is 0 Å². The Kier molecular flexibility index (Phi) is 3.14. The predicted octanol–water partition coefficient (Wildman–Crippen LogP) is 0.591. The maximum Gasteiger partial charge on any atom is 0.407 e. The fourth-order valence-corrected chi connectivity index (χ4v) is 2.15. The van der Waals surface area contributed by atoms with Gasteiger partial charge in [0.1, 0.15) is 11.3 Å². The van der Waals surface area contributed by atoms with Gasteiger partial charge in [-0.2, -0.15) is 0 Å². The number of imide groups is 1. The van der Waals surface area contributed by atoms with Crippen molar-refractivity contribution in [1.29, 1.82) is 0 Å². The summed E-state index contributed by atoms with van der Waals surface area (Å²) in [7, 11) is 0. The van der Waals surface area contributed by atoms with E-state index in [1.807, 2.05) is 5.32 Å². The number of alkyl carbamates (subject to hydrolysis) is 1. The topological polar surface area (TPSA) is 96.5 Å². The van der Waals surface area contributed by atoms with Crippen molar-refractivity contribution in [3.8, 4) is 0 Å². The van der Waals surface area contributed by atoms with Crippen molar-refractivity contribution in [2.75, 3.05) is 6.54 Å². The highest BCUT2D eigenvalue weighted by Crippen LogP contribution is 2.49. The fraction of sp³-hybridized carbons (Fsp3) is 0.750. The first kappa shape index (κ1) is 14.5. The highest BCUT2D eigenvalue weighted by Gasteiger charge is 2.68. The van der Waals surface area contributed by atoms with Gasteiger partial charge < -0.3 is 15.4 Å². The van der Waals surface area contributed by atoms with Crippen molar-refractivity contribution in [1.82, 2.24) is 16.0 Å². The van der Waals surface area contributed by atoms with Crippen LogP contribution in [0.3, 0.4) is 0 Å². The molecule has 0 aromatic heterocycles. The maximum atomic E-state index is 14.4. The molecule has 1 atom stereocenters. The van der Waals surface area contributed by atoms with Gasteiger partial charge in [0.15, 0.2) is 5.54 Å². The van der Waals surface area contributed by atoms with E-state index in [2.05, 4.69) is 10.6 Å². The Morgan fingerprint density at radius 3 is 2.40 bits per heavy atom. The Morgan fingerprint density at radius 2 is 2.00 bits per heavy atom. The summed E-state index contributed by atoms with van der Waals surface area (Å²) in [6.07, 6.45) is -0.442. The third kappa shape index (κ3) is 2.54. The number of ether oxygens (including phenoxy) is 1. The standard InChI is InChI=1S/C12H18FN3O4/c1-10(2,3)20-9(19)14-6-12(11(13)4-5-11)7(17)15-8(18)16-12/h4-6H2,1-3H3,(H,14,19)(H2,15,16,17,18). The molecule has 112 valence electrons. The average Bonchev–Trinajstić information content (AvgIpc) is 2.93. The van der Waals surface area contributed by atoms with Crippen molar-refractivity contribution in [3.05, 3.63) is 0 Å². The molecule has 3 N–H and O–H groups in total. The Bertz CT molecular complexity index is 470. The van der Waals surface area contributed by atoms with Crippen LogP contribution < -0.4 is 16.0 Å². The number of hydrogen-bond donors (Lipinski definition) is 3. The largest absolute Gasteiger partial charge is 0.444 e. The summed E-state index contributed by atoms with van der Waals surface area (Å²) in [4.78, 5) is 34.7. The van der Waals surface area contributed by atoms with Crippen molar-refractivity contribution in [2.24, 2.45) is 0 Å². The molecule has 1 aliphatic carbocycles. The molecule has 4 amide bonds. The van der Waals surface area contributed by atoms with Crippen LogP contribution >= 0.6 is 0 Å². The van der Waals surface area contributed by atoms with E-state index in [0.717, 1.165) is 0 Å². The van der Waals surface area contributed by atoms with E-state index in [4.69, 9.17) is 4.74 Å². The number of urea groups is 1. The monoisotopic (exact) mass is 287 g/mol. The molecule has 1 saturated heterocycles. The van der Waals surface area contributed by atoms with Gasteiger partial charge in [0, 0.05) is 0 Å². The molecule has 0 aromatic rings. The minimum absolute atomic E-state index is 0.163. The molecule has 0 radical (unpaired) electrons. The molecular formula is C12H18FN3O4. The zero-order valence-corrected chi connectivity index (χ0v) is 11.6. The summed E-state index contributed by atoms with van der Waals surface area (Å²) >= 11 is 0. The highest BCUT2D eigenvalue weighted by molar-refractivity contribution is 6.08. The lowest BCUT2D eigenvalue weighted by molar-refractivity contribution is -0.126. The van der Waals surface area contributed by atoms with Crippen LogP contribution in [-0.4, -0.2) is 41.4 Å². The summed E-state index contributed by atoms with van der Waals surface area (Å²) in [5.41, 5.74) is -4.27. The number of alkyl halides is 1. The molecule has 0 aromatic carbocycles. The molecule has 20 heavy (non-hydrogen) atoms. The van der Waals surface area contributed by atoms with Crippen LogP contribution in [0.15, 0.2) is 0 Å². The number of carbonyl (C=O) groups is 3. The first-order valence-electron chi connectivity index (χ1n) is 6.37. The van der Waals surface area contributed by atoms with Gasteiger partial charge in [-0.05, 0) is 33.6 Å². The van der Waals surface area contributed by atoms with E-state index in [0.29, 0.717) is 0 Å². The van der Waals surface area contributed by atoms with Gasteiger partial charge in [-0.15, -0.1) is 0 Å². The predicted molar refractivity (Wildman–Crippen MR) is 66.7 cm³/mol. The molecule has 1 heterocycles. The van der Waals surface area contributed by atoms with Crippen molar-refractivity contribution in [2.45, 2.75) is 50.4 Å². The maximum absolute atomic E-state index is 14.4. The van der Waals surface area contributed by atoms with E-state index in [1.54, 1.807) is 20.8 Å². The molecule has 2 fully saturated rings. The quantitative estimate of drug-likeness (QED) is 0.662. The van der Waals surface area contributed by atoms with E-state index in [1.165, 1.54) is 0 Å². The third-order valence-corrected chi connectivity index (χ3v) is 3.29. The molecule has 7 nitrogen and oxygen atoms in total. The number of carbonyl (C=O) groups excluding carboxylic acids is 3. The number of nitrogens with one attached hydrogen (secondary N) is 3. The SMILES string of the molecule is CC(C)(C)OC(=O)NCC1(C2(F)CC2)NC(=O)NC1=O. The zero-order valence-electron chi connectivity index (χ0n) is 11.6. The first-order valence-corrected chi connectivity index (χ1v) is 6.37. The minimum atomic E-state index is -1.82. The van der Waals surface area contributed by atoms with Crippen LogP contribution in [0.2, 0.25) is 0 Å².